The first kappa shape index (κ1) is 10.7. The van der Waals surface area contributed by atoms with Crippen molar-refractivity contribution in [2.75, 3.05) is 0 Å². The predicted molar refractivity (Wildman–Crippen MR) is 53.6 cm³/mol. The molecule has 1 heterocycles. The summed E-state index contributed by atoms with van der Waals surface area (Å²) in [6.45, 7) is 8.06. The Labute approximate surface area is 80.6 Å². The van der Waals surface area contributed by atoms with Crippen molar-refractivity contribution < 1.29 is 9.84 Å². The van der Waals surface area contributed by atoms with Crippen LogP contribution in [-0.2, 0) is 4.74 Å². The second-order valence-electron chi connectivity index (χ2n) is 4.41. The van der Waals surface area contributed by atoms with E-state index < -0.39 is 0 Å². The Morgan fingerprint density at radius 2 is 2.23 bits per heavy atom. The number of ether oxygens (including phenoxy) is 1. The first-order valence-electron chi connectivity index (χ1n) is 4.95. The van der Waals surface area contributed by atoms with Crippen LogP contribution in [0.25, 0.3) is 0 Å². The molecular weight excluding hydrogens is 164 g/mol. The molecule has 0 unspecified atom stereocenters. The molecule has 76 valence electrons. The summed E-state index contributed by atoms with van der Waals surface area (Å²) in [6, 6.07) is 0. The van der Waals surface area contributed by atoms with Gasteiger partial charge in [0.2, 0.25) is 0 Å². The second-order valence-corrected chi connectivity index (χ2v) is 4.41. The van der Waals surface area contributed by atoms with Crippen LogP contribution in [0, 0.1) is 0 Å². The lowest BCUT2D eigenvalue weighted by molar-refractivity contribution is 0.152. The smallest absolute Gasteiger partial charge is 0.113 e. The van der Waals surface area contributed by atoms with Crippen molar-refractivity contribution in [3.8, 4) is 0 Å². The van der Waals surface area contributed by atoms with Crippen molar-refractivity contribution >= 4 is 0 Å². The molecule has 1 N–H and O–H groups in total. The highest BCUT2D eigenvalue weighted by Gasteiger charge is 2.53. The van der Waals surface area contributed by atoms with Gasteiger partial charge in [-0.2, -0.15) is 0 Å². The molecule has 2 heteroatoms. The maximum Gasteiger partial charge on any atom is 0.113 e. The Kier molecular flexibility index (Phi) is 3.14. The fourth-order valence-electron chi connectivity index (χ4n) is 1.71. The number of hydrogen-bond acceptors (Lipinski definition) is 2. The molecule has 0 saturated carbocycles. The quantitative estimate of drug-likeness (QED) is 0.537. The van der Waals surface area contributed by atoms with Crippen LogP contribution >= 0.6 is 0 Å². The average molecular weight is 184 g/mol. The molecule has 1 fully saturated rings. The van der Waals surface area contributed by atoms with Crippen LogP contribution in [0.3, 0.4) is 0 Å². The largest absolute Gasteiger partial charge is 0.391 e. The van der Waals surface area contributed by atoms with Crippen LogP contribution in [-0.4, -0.2) is 22.9 Å². The zero-order valence-electron chi connectivity index (χ0n) is 9.00. The summed E-state index contributed by atoms with van der Waals surface area (Å²) in [5.74, 6) is 0. The van der Waals surface area contributed by atoms with E-state index in [0.29, 0.717) is 0 Å². The van der Waals surface area contributed by atoms with E-state index in [2.05, 4.69) is 26.8 Å². The first-order chi connectivity index (χ1) is 5.96. The normalized spacial score (nSPS) is 34.1. The summed E-state index contributed by atoms with van der Waals surface area (Å²) in [4.78, 5) is 0. The molecular formula is C11H20O2. The third-order valence-corrected chi connectivity index (χ3v) is 2.57. The third-order valence-electron chi connectivity index (χ3n) is 2.57. The van der Waals surface area contributed by atoms with Gasteiger partial charge in [-0.05, 0) is 40.5 Å². The zero-order chi connectivity index (χ0) is 10.1. The Morgan fingerprint density at radius 1 is 1.62 bits per heavy atom. The molecule has 0 amide bonds. The van der Waals surface area contributed by atoms with E-state index in [0.717, 1.165) is 12.8 Å². The summed E-state index contributed by atoms with van der Waals surface area (Å²) in [6.07, 6.45) is 3.98. The fourth-order valence-corrected chi connectivity index (χ4v) is 1.71. The van der Waals surface area contributed by atoms with Gasteiger partial charge in [0.15, 0.2) is 0 Å². The lowest BCUT2D eigenvalue weighted by Gasteiger charge is -2.05. The van der Waals surface area contributed by atoms with Gasteiger partial charge in [-0.15, -0.1) is 0 Å². The lowest BCUT2D eigenvalue weighted by Crippen LogP contribution is -2.19. The van der Waals surface area contributed by atoms with Crippen molar-refractivity contribution in [2.45, 2.75) is 58.3 Å². The van der Waals surface area contributed by atoms with E-state index >= 15 is 0 Å². The van der Waals surface area contributed by atoms with Gasteiger partial charge in [-0.3, -0.25) is 0 Å². The van der Waals surface area contributed by atoms with Gasteiger partial charge in [0.1, 0.15) is 6.10 Å². The Balaban J connectivity index is 2.28. The summed E-state index contributed by atoms with van der Waals surface area (Å²) in [7, 11) is 0. The van der Waals surface area contributed by atoms with Crippen LogP contribution in [0.5, 0.6) is 0 Å². The first-order valence-corrected chi connectivity index (χ1v) is 4.95. The number of rotatable bonds is 4. The van der Waals surface area contributed by atoms with Crippen molar-refractivity contribution in [1.29, 1.82) is 0 Å². The Bertz CT molecular complexity index is 204. The van der Waals surface area contributed by atoms with E-state index in [-0.39, 0.29) is 17.8 Å². The minimum Gasteiger partial charge on any atom is -0.391 e. The fraction of sp³-hybridized carbons (Fsp3) is 0.818. The van der Waals surface area contributed by atoms with Crippen molar-refractivity contribution in [3.05, 3.63) is 11.6 Å². The molecule has 0 aromatic carbocycles. The van der Waals surface area contributed by atoms with Gasteiger partial charge in [0.05, 0.1) is 11.7 Å². The molecule has 1 aliphatic rings. The molecule has 0 aliphatic carbocycles. The van der Waals surface area contributed by atoms with Crippen LogP contribution < -0.4 is 0 Å². The summed E-state index contributed by atoms with van der Waals surface area (Å²) < 4.78 is 5.47. The van der Waals surface area contributed by atoms with Crippen molar-refractivity contribution in [3.63, 3.8) is 0 Å². The minimum atomic E-state index is -0.336. The second kappa shape index (κ2) is 3.81. The lowest BCUT2D eigenvalue weighted by atomic mass is 9.98. The topological polar surface area (TPSA) is 32.8 Å². The zero-order valence-corrected chi connectivity index (χ0v) is 9.00. The monoisotopic (exact) mass is 184 g/mol. The standard InChI is InChI=1S/C11H20O2/c1-8(2)6-5-7-11(4)10(13-11)9(3)12/h6,9-10,12H,5,7H2,1-4H3/t9-,10+,11+/m1/s1. The summed E-state index contributed by atoms with van der Waals surface area (Å²) >= 11 is 0. The number of allylic oxidation sites excluding steroid dienone is 2. The average Bonchev–Trinajstić information content (AvgIpc) is 2.62. The van der Waals surface area contributed by atoms with Gasteiger partial charge in [0, 0.05) is 0 Å². The van der Waals surface area contributed by atoms with Crippen molar-refractivity contribution in [2.24, 2.45) is 0 Å². The molecule has 0 bridgehead atoms. The molecule has 2 nitrogen and oxygen atoms in total. The molecule has 0 radical (unpaired) electrons. The van der Waals surface area contributed by atoms with Crippen LogP contribution in [0.1, 0.15) is 40.5 Å². The van der Waals surface area contributed by atoms with Gasteiger partial charge in [-0.25, -0.2) is 0 Å². The Hall–Kier alpha value is -0.340. The van der Waals surface area contributed by atoms with Crippen LogP contribution in [0.2, 0.25) is 0 Å². The van der Waals surface area contributed by atoms with E-state index in [9.17, 15) is 5.11 Å². The Morgan fingerprint density at radius 3 is 2.62 bits per heavy atom. The highest BCUT2D eigenvalue weighted by Crippen LogP contribution is 2.42. The predicted octanol–water partition coefficient (Wildman–Crippen LogP) is 2.27. The summed E-state index contributed by atoms with van der Waals surface area (Å²) in [5, 5.41) is 9.30. The molecule has 3 atom stereocenters. The van der Waals surface area contributed by atoms with E-state index in [1.54, 1.807) is 6.92 Å². The van der Waals surface area contributed by atoms with Gasteiger partial charge in [-0.1, -0.05) is 11.6 Å². The number of hydrogen-bond donors (Lipinski definition) is 1. The summed E-state index contributed by atoms with van der Waals surface area (Å²) in [5.41, 5.74) is 1.28. The van der Waals surface area contributed by atoms with E-state index in [4.69, 9.17) is 4.74 Å². The minimum absolute atomic E-state index is 0.0538. The number of aliphatic hydroxyl groups is 1. The van der Waals surface area contributed by atoms with E-state index in [1.165, 1.54) is 5.57 Å². The molecule has 0 spiro atoms. The SMILES string of the molecule is CC(C)=CCC[C@]1(C)O[C@H]1[C@@H](C)O. The third kappa shape index (κ3) is 2.82. The van der Waals surface area contributed by atoms with Crippen LogP contribution in [0.15, 0.2) is 11.6 Å². The molecule has 0 aromatic heterocycles. The van der Waals surface area contributed by atoms with Gasteiger partial charge in [0.25, 0.3) is 0 Å². The molecule has 1 aliphatic heterocycles. The highest BCUT2D eigenvalue weighted by atomic mass is 16.6. The van der Waals surface area contributed by atoms with E-state index in [1.807, 2.05) is 0 Å². The van der Waals surface area contributed by atoms with Crippen molar-refractivity contribution in [1.82, 2.24) is 0 Å². The maximum absolute atomic E-state index is 9.30. The van der Waals surface area contributed by atoms with Gasteiger partial charge >= 0.3 is 0 Å². The number of aliphatic hydroxyl groups excluding tert-OH is 1. The van der Waals surface area contributed by atoms with Crippen LogP contribution in [0.4, 0.5) is 0 Å². The van der Waals surface area contributed by atoms with Gasteiger partial charge < -0.3 is 9.84 Å². The molecule has 0 aromatic rings. The number of epoxide rings is 1. The highest BCUT2D eigenvalue weighted by molar-refractivity contribution is 5.04. The maximum atomic E-state index is 9.30. The molecule has 13 heavy (non-hydrogen) atoms. The molecule has 1 saturated heterocycles. The molecule has 1 rings (SSSR count).